The van der Waals surface area contributed by atoms with Gasteiger partial charge >= 0.3 is 0 Å². The Morgan fingerprint density at radius 3 is 2.67 bits per heavy atom. The topological polar surface area (TPSA) is 32.3 Å². The first-order valence-corrected chi connectivity index (χ1v) is 6.42. The van der Waals surface area contributed by atoms with Crippen LogP contribution in [0.5, 0.6) is 0 Å². The van der Waals surface area contributed by atoms with Crippen LogP contribution >= 0.6 is 0 Å². The molecule has 0 saturated heterocycles. The summed E-state index contributed by atoms with van der Waals surface area (Å²) in [6.07, 6.45) is 2.04. The zero-order valence-electron chi connectivity index (χ0n) is 10.3. The monoisotopic (exact) mass is 239 g/mol. The second-order valence-corrected chi connectivity index (χ2v) is 4.80. The number of hydrogen-bond acceptors (Lipinski definition) is 2. The van der Waals surface area contributed by atoms with E-state index in [0.717, 1.165) is 12.8 Å². The van der Waals surface area contributed by atoms with E-state index in [1.165, 1.54) is 22.4 Å². The Morgan fingerprint density at radius 2 is 1.89 bits per heavy atom. The molecule has 0 spiro atoms. The van der Waals surface area contributed by atoms with Gasteiger partial charge in [0.2, 0.25) is 0 Å². The van der Waals surface area contributed by atoms with E-state index in [4.69, 9.17) is 0 Å². The highest BCUT2D eigenvalue weighted by Crippen LogP contribution is 2.29. The number of benzene rings is 2. The van der Waals surface area contributed by atoms with Crippen molar-refractivity contribution in [3.63, 3.8) is 0 Å². The lowest BCUT2D eigenvalue weighted by atomic mass is 9.94. The largest absolute Gasteiger partial charge is 0.394 e. The van der Waals surface area contributed by atoms with Gasteiger partial charge in [-0.3, -0.25) is 0 Å². The standard InChI is InChI=1S/C16H17NO/c18-11-15-8-6-14-10-13(7-9-16(14)17-15)12-4-2-1-3-5-12/h1-5,7,9-10,15,17-18H,6,8,11H2. The third-order valence-corrected chi connectivity index (χ3v) is 3.55. The molecule has 0 aromatic heterocycles. The number of nitrogens with one attached hydrogen (secondary N) is 1. The third kappa shape index (κ3) is 2.12. The minimum Gasteiger partial charge on any atom is -0.394 e. The normalized spacial score (nSPS) is 17.9. The summed E-state index contributed by atoms with van der Waals surface area (Å²) in [5.74, 6) is 0. The second-order valence-electron chi connectivity index (χ2n) is 4.80. The average Bonchev–Trinajstić information content (AvgIpc) is 2.47. The highest BCUT2D eigenvalue weighted by atomic mass is 16.3. The fourth-order valence-corrected chi connectivity index (χ4v) is 2.51. The third-order valence-electron chi connectivity index (χ3n) is 3.55. The van der Waals surface area contributed by atoms with Crippen LogP contribution < -0.4 is 5.32 Å². The van der Waals surface area contributed by atoms with Crippen LogP contribution in [0.25, 0.3) is 11.1 Å². The number of anilines is 1. The number of rotatable bonds is 2. The Kier molecular flexibility index (Phi) is 3.03. The maximum absolute atomic E-state index is 9.19. The molecule has 0 bridgehead atoms. The lowest BCUT2D eigenvalue weighted by molar-refractivity contribution is 0.267. The van der Waals surface area contributed by atoms with Crippen LogP contribution in [0.2, 0.25) is 0 Å². The van der Waals surface area contributed by atoms with E-state index in [1.54, 1.807) is 0 Å². The molecule has 2 aromatic rings. The van der Waals surface area contributed by atoms with Crippen LogP contribution in [0.3, 0.4) is 0 Å². The molecule has 1 unspecified atom stereocenters. The molecule has 0 aliphatic carbocycles. The van der Waals surface area contributed by atoms with E-state index in [1.807, 2.05) is 6.07 Å². The molecule has 18 heavy (non-hydrogen) atoms. The second kappa shape index (κ2) is 4.83. The molecule has 92 valence electrons. The van der Waals surface area contributed by atoms with Gasteiger partial charge in [-0.05, 0) is 41.7 Å². The molecule has 2 aromatic carbocycles. The van der Waals surface area contributed by atoms with Crippen molar-refractivity contribution in [3.05, 3.63) is 54.1 Å². The van der Waals surface area contributed by atoms with Crippen molar-refractivity contribution in [1.29, 1.82) is 0 Å². The first-order valence-electron chi connectivity index (χ1n) is 6.42. The quantitative estimate of drug-likeness (QED) is 0.844. The molecule has 2 N–H and O–H groups in total. The maximum Gasteiger partial charge on any atom is 0.0632 e. The van der Waals surface area contributed by atoms with Crippen LogP contribution in [0.15, 0.2) is 48.5 Å². The van der Waals surface area contributed by atoms with E-state index in [0.29, 0.717) is 0 Å². The Bertz CT molecular complexity index is 536. The van der Waals surface area contributed by atoms with Gasteiger partial charge in [0.25, 0.3) is 0 Å². The van der Waals surface area contributed by atoms with Crippen LogP contribution in [0, 0.1) is 0 Å². The summed E-state index contributed by atoms with van der Waals surface area (Å²) >= 11 is 0. The van der Waals surface area contributed by atoms with Crippen LogP contribution in [-0.4, -0.2) is 17.8 Å². The van der Waals surface area contributed by atoms with Gasteiger partial charge in [0, 0.05) is 11.7 Å². The highest BCUT2D eigenvalue weighted by molar-refractivity contribution is 5.69. The van der Waals surface area contributed by atoms with E-state index in [-0.39, 0.29) is 12.6 Å². The first kappa shape index (κ1) is 11.3. The van der Waals surface area contributed by atoms with Gasteiger partial charge < -0.3 is 10.4 Å². The zero-order valence-corrected chi connectivity index (χ0v) is 10.3. The predicted octanol–water partition coefficient (Wildman–Crippen LogP) is 3.07. The van der Waals surface area contributed by atoms with Gasteiger partial charge in [0.15, 0.2) is 0 Å². The highest BCUT2D eigenvalue weighted by Gasteiger charge is 2.16. The van der Waals surface area contributed by atoms with Gasteiger partial charge in [-0.1, -0.05) is 36.4 Å². The van der Waals surface area contributed by atoms with Gasteiger partial charge in [-0.2, -0.15) is 0 Å². The van der Waals surface area contributed by atoms with Crippen molar-refractivity contribution >= 4 is 5.69 Å². The van der Waals surface area contributed by atoms with E-state index in [9.17, 15) is 5.11 Å². The Labute approximate surface area is 107 Å². The minimum absolute atomic E-state index is 0.208. The van der Waals surface area contributed by atoms with Crippen molar-refractivity contribution in [1.82, 2.24) is 0 Å². The van der Waals surface area contributed by atoms with Gasteiger partial charge in [-0.25, -0.2) is 0 Å². The van der Waals surface area contributed by atoms with Crippen molar-refractivity contribution < 1.29 is 5.11 Å². The number of aliphatic hydroxyl groups is 1. The van der Waals surface area contributed by atoms with E-state index >= 15 is 0 Å². The lowest BCUT2D eigenvalue weighted by Gasteiger charge is -2.26. The van der Waals surface area contributed by atoms with Gasteiger partial charge in [0.05, 0.1) is 6.61 Å². The molecule has 1 heterocycles. The number of aliphatic hydroxyl groups excluding tert-OH is 1. The fourth-order valence-electron chi connectivity index (χ4n) is 2.51. The van der Waals surface area contributed by atoms with Gasteiger partial charge in [-0.15, -0.1) is 0 Å². The molecule has 1 aliphatic heterocycles. The molecular formula is C16H17NO. The van der Waals surface area contributed by atoms with Crippen molar-refractivity contribution in [2.24, 2.45) is 0 Å². The SMILES string of the molecule is OCC1CCc2cc(-c3ccccc3)ccc2N1. The predicted molar refractivity (Wildman–Crippen MR) is 74.7 cm³/mol. The average molecular weight is 239 g/mol. The van der Waals surface area contributed by atoms with Crippen molar-refractivity contribution in [2.75, 3.05) is 11.9 Å². The fraction of sp³-hybridized carbons (Fsp3) is 0.250. The molecule has 2 heteroatoms. The van der Waals surface area contributed by atoms with Crippen LogP contribution in [0.1, 0.15) is 12.0 Å². The summed E-state index contributed by atoms with van der Waals surface area (Å²) in [5.41, 5.74) is 5.03. The number of fused-ring (bicyclic) bond motifs is 1. The summed E-state index contributed by atoms with van der Waals surface area (Å²) in [6, 6.07) is 17.2. The van der Waals surface area contributed by atoms with Crippen molar-refractivity contribution in [2.45, 2.75) is 18.9 Å². The van der Waals surface area contributed by atoms with E-state index in [2.05, 4.69) is 47.8 Å². The first-order chi connectivity index (χ1) is 8.86. The molecule has 0 radical (unpaired) electrons. The summed E-state index contributed by atoms with van der Waals surface area (Å²) in [6.45, 7) is 0.208. The molecular weight excluding hydrogens is 222 g/mol. The number of aryl methyl sites for hydroxylation is 1. The summed E-state index contributed by atoms with van der Waals surface area (Å²) in [5, 5.41) is 12.6. The minimum atomic E-state index is 0.208. The number of hydrogen-bond donors (Lipinski definition) is 2. The Hall–Kier alpha value is -1.80. The van der Waals surface area contributed by atoms with Crippen LogP contribution in [0.4, 0.5) is 5.69 Å². The molecule has 0 saturated carbocycles. The Morgan fingerprint density at radius 1 is 1.06 bits per heavy atom. The van der Waals surface area contributed by atoms with Gasteiger partial charge in [0.1, 0.15) is 0 Å². The smallest absolute Gasteiger partial charge is 0.0632 e. The molecule has 1 atom stereocenters. The molecule has 1 aliphatic rings. The van der Waals surface area contributed by atoms with Crippen LogP contribution in [-0.2, 0) is 6.42 Å². The van der Waals surface area contributed by atoms with E-state index < -0.39 is 0 Å². The van der Waals surface area contributed by atoms with Crippen molar-refractivity contribution in [3.8, 4) is 11.1 Å². The Balaban J connectivity index is 1.93. The summed E-state index contributed by atoms with van der Waals surface area (Å²) < 4.78 is 0. The lowest BCUT2D eigenvalue weighted by Crippen LogP contribution is -2.28. The zero-order chi connectivity index (χ0) is 12.4. The maximum atomic E-state index is 9.19. The molecule has 0 amide bonds. The molecule has 3 rings (SSSR count). The molecule has 2 nitrogen and oxygen atoms in total. The summed E-state index contributed by atoms with van der Waals surface area (Å²) in [4.78, 5) is 0. The molecule has 0 fully saturated rings. The summed E-state index contributed by atoms with van der Waals surface area (Å²) in [7, 11) is 0.